The number of carbonyl (C=O) groups excluding carboxylic acids is 1. The Morgan fingerprint density at radius 1 is 1.41 bits per heavy atom. The number of Topliss-reactive ketones (excluding diaryl/α,β-unsaturated/α-hetero) is 1. The van der Waals surface area contributed by atoms with Gasteiger partial charge in [-0.1, -0.05) is 6.08 Å². The van der Waals surface area contributed by atoms with E-state index in [2.05, 4.69) is 6.58 Å². The Balaban J connectivity index is 2.77. The van der Waals surface area contributed by atoms with Crippen molar-refractivity contribution in [2.75, 3.05) is 0 Å². The summed E-state index contributed by atoms with van der Waals surface area (Å²) in [7, 11) is 0. The molecule has 0 atom stereocenters. The van der Waals surface area contributed by atoms with Crippen LogP contribution in [0.4, 0.5) is 0 Å². The van der Waals surface area contributed by atoms with Gasteiger partial charge in [0.25, 0.3) is 0 Å². The van der Waals surface area contributed by atoms with Crippen LogP contribution in [-0.2, 0) is 6.54 Å². The number of rotatable bonds is 3. The Labute approximate surface area is 99.0 Å². The number of benzene rings is 1. The second kappa shape index (κ2) is 4.37. The Morgan fingerprint density at radius 2 is 2.18 bits per heavy atom. The Hall–Kier alpha value is -2.16. The maximum atomic E-state index is 11.8. The monoisotopic (exact) mass is 227 g/mol. The van der Waals surface area contributed by atoms with Crippen LogP contribution in [0.2, 0.25) is 0 Å². The first-order valence-electron chi connectivity index (χ1n) is 5.38. The molecule has 0 fully saturated rings. The average molecular weight is 227 g/mol. The summed E-state index contributed by atoms with van der Waals surface area (Å²) in [6, 6.07) is 6.70. The second-order valence-electron chi connectivity index (χ2n) is 3.91. The molecule has 0 spiro atoms. The molecule has 2 rings (SSSR count). The quantitative estimate of drug-likeness (QED) is 0.596. The maximum absolute atomic E-state index is 11.8. The number of pyridine rings is 1. The van der Waals surface area contributed by atoms with Crippen molar-refractivity contribution < 1.29 is 4.79 Å². The Morgan fingerprint density at radius 3 is 2.82 bits per heavy atom. The number of fused-ring (bicyclic) bond motifs is 1. The van der Waals surface area contributed by atoms with Crippen LogP contribution in [0.3, 0.4) is 0 Å². The van der Waals surface area contributed by atoms with Gasteiger partial charge in [-0.3, -0.25) is 9.59 Å². The SMILES string of the molecule is C=CCn1ccc(=O)c2cc(C(C)=O)ccc21. The summed E-state index contributed by atoms with van der Waals surface area (Å²) in [6.45, 7) is 5.81. The van der Waals surface area contributed by atoms with Gasteiger partial charge in [0.05, 0.1) is 5.52 Å². The number of allylic oxidation sites excluding steroid dienone is 1. The molecule has 3 nitrogen and oxygen atoms in total. The van der Waals surface area contributed by atoms with Gasteiger partial charge in [-0.15, -0.1) is 6.58 Å². The molecule has 0 aliphatic heterocycles. The van der Waals surface area contributed by atoms with Gasteiger partial charge in [0.15, 0.2) is 11.2 Å². The Kier molecular flexibility index (Phi) is 2.91. The molecular formula is C14H13NO2. The van der Waals surface area contributed by atoms with Gasteiger partial charge in [0.2, 0.25) is 0 Å². The number of hydrogen-bond donors (Lipinski definition) is 0. The first kappa shape index (κ1) is 11.3. The molecule has 17 heavy (non-hydrogen) atoms. The van der Waals surface area contributed by atoms with Crippen molar-refractivity contribution in [1.82, 2.24) is 4.57 Å². The molecule has 0 radical (unpaired) electrons. The molecule has 0 aliphatic carbocycles. The maximum Gasteiger partial charge on any atom is 0.189 e. The molecule has 0 unspecified atom stereocenters. The van der Waals surface area contributed by atoms with Gasteiger partial charge in [0.1, 0.15) is 0 Å². The molecule has 0 bridgehead atoms. The lowest BCUT2D eigenvalue weighted by atomic mass is 10.1. The van der Waals surface area contributed by atoms with E-state index in [9.17, 15) is 9.59 Å². The highest BCUT2D eigenvalue weighted by Crippen LogP contribution is 2.13. The fourth-order valence-corrected chi connectivity index (χ4v) is 1.83. The van der Waals surface area contributed by atoms with Crippen molar-refractivity contribution in [3.63, 3.8) is 0 Å². The van der Waals surface area contributed by atoms with Crippen LogP contribution in [-0.4, -0.2) is 10.4 Å². The van der Waals surface area contributed by atoms with Gasteiger partial charge in [-0.25, -0.2) is 0 Å². The first-order chi connectivity index (χ1) is 8.13. The predicted molar refractivity (Wildman–Crippen MR) is 68.4 cm³/mol. The topological polar surface area (TPSA) is 39.1 Å². The molecule has 0 saturated heterocycles. The molecule has 3 heteroatoms. The fourth-order valence-electron chi connectivity index (χ4n) is 1.83. The normalized spacial score (nSPS) is 10.4. The van der Waals surface area contributed by atoms with E-state index in [0.29, 0.717) is 17.5 Å². The minimum atomic E-state index is -0.0663. The molecule has 1 heterocycles. The van der Waals surface area contributed by atoms with Crippen LogP contribution in [0.5, 0.6) is 0 Å². The van der Waals surface area contributed by atoms with Crippen molar-refractivity contribution in [3.8, 4) is 0 Å². The second-order valence-corrected chi connectivity index (χ2v) is 3.91. The molecular weight excluding hydrogens is 214 g/mol. The van der Waals surface area contributed by atoms with Crippen LogP contribution in [0.25, 0.3) is 10.9 Å². The number of aromatic nitrogens is 1. The van der Waals surface area contributed by atoms with Crippen molar-refractivity contribution in [3.05, 3.63) is 58.9 Å². The van der Waals surface area contributed by atoms with Gasteiger partial charge in [-0.05, 0) is 25.1 Å². The van der Waals surface area contributed by atoms with Crippen molar-refractivity contribution >= 4 is 16.7 Å². The van der Waals surface area contributed by atoms with E-state index in [0.717, 1.165) is 5.52 Å². The number of ketones is 1. The lowest BCUT2D eigenvalue weighted by Gasteiger charge is -2.08. The number of nitrogens with zero attached hydrogens (tertiary/aromatic N) is 1. The van der Waals surface area contributed by atoms with E-state index < -0.39 is 0 Å². The highest BCUT2D eigenvalue weighted by molar-refractivity contribution is 5.97. The van der Waals surface area contributed by atoms with Crippen molar-refractivity contribution in [2.45, 2.75) is 13.5 Å². The van der Waals surface area contributed by atoms with Crippen LogP contribution < -0.4 is 5.43 Å². The summed E-state index contributed by atoms with van der Waals surface area (Å²) in [5.74, 6) is -0.0366. The summed E-state index contributed by atoms with van der Waals surface area (Å²) in [5.41, 5.74) is 1.32. The van der Waals surface area contributed by atoms with Crippen LogP contribution in [0, 0.1) is 0 Å². The van der Waals surface area contributed by atoms with E-state index in [-0.39, 0.29) is 11.2 Å². The minimum Gasteiger partial charge on any atom is -0.343 e. The third-order valence-corrected chi connectivity index (χ3v) is 2.71. The zero-order valence-corrected chi connectivity index (χ0v) is 9.64. The van der Waals surface area contributed by atoms with E-state index in [1.807, 2.05) is 4.57 Å². The summed E-state index contributed by atoms with van der Waals surface area (Å²) in [5, 5.41) is 0.571. The van der Waals surface area contributed by atoms with Gasteiger partial charge in [0, 0.05) is 29.8 Å². The lowest BCUT2D eigenvalue weighted by molar-refractivity contribution is 0.101. The zero-order valence-electron chi connectivity index (χ0n) is 9.64. The molecule has 0 N–H and O–H groups in total. The standard InChI is InChI=1S/C14H13NO2/c1-3-7-15-8-6-14(17)12-9-11(10(2)16)4-5-13(12)15/h3-6,8-9H,1,7H2,2H3. The van der Waals surface area contributed by atoms with Gasteiger partial charge in [-0.2, -0.15) is 0 Å². The number of carbonyl (C=O) groups is 1. The third kappa shape index (κ3) is 2.04. The van der Waals surface area contributed by atoms with Crippen LogP contribution in [0.1, 0.15) is 17.3 Å². The minimum absolute atomic E-state index is 0.0366. The van der Waals surface area contributed by atoms with Crippen LogP contribution in [0.15, 0.2) is 47.9 Å². The van der Waals surface area contributed by atoms with E-state index in [1.165, 1.54) is 13.0 Å². The largest absolute Gasteiger partial charge is 0.343 e. The Bertz CT molecular complexity index is 653. The summed E-state index contributed by atoms with van der Waals surface area (Å²) < 4.78 is 1.92. The smallest absolute Gasteiger partial charge is 0.189 e. The van der Waals surface area contributed by atoms with Crippen molar-refractivity contribution in [1.29, 1.82) is 0 Å². The fraction of sp³-hybridized carbons (Fsp3) is 0.143. The van der Waals surface area contributed by atoms with Gasteiger partial charge < -0.3 is 4.57 Å². The molecule has 1 aromatic carbocycles. The first-order valence-corrected chi connectivity index (χ1v) is 5.38. The highest BCUT2D eigenvalue weighted by atomic mass is 16.1. The molecule has 86 valence electrons. The van der Waals surface area contributed by atoms with E-state index in [4.69, 9.17) is 0 Å². The molecule has 0 saturated carbocycles. The zero-order chi connectivity index (χ0) is 12.4. The predicted octanol–water partition coefficient (Wildman–Crippen LogP) is 2.39. The van der Waals surface area contributed by atoms with Crippen molar-refractivity contribution in [2.24, 2.45) is 0 Å². The van der Waals surface area contributed by atoms with E-state index >= 15 is 0 Å². The summed E-state index contributed by atoms with van der Waals surface area (Å²) >= 11 is 0. The molecule has 0 aliphatic rings. The average Bonchev–Trinajstić information content (AvgIpc) is 2.32. The molecule has 1 aromatic heterocycles. The molecule has 2 aromatic rings. The van der Waals surface area contributed by atoms with Gasteiger partial charge >= 0.3 is 0 Å². The lowest BCUT2D eigenvalue weighted by Crippen LogP contribution is -2.08. The highest BCUT2D eigenvalue weighted by Gasteiger charge is 2.05. The summed E-state index contributed by atoms with van der Waals surface area (Å²) in [6.07, 6.45) is 3.50. The van der Waals surface area contributed by atoms with E-state index in [1.54, 1.807) is 30.5 Å². The summed E-state index contributed by atoms with van der Waals surface area (Å²) in [4.78, 5) is 23.0. The number of hydrogen-bond acceptors (Lipinski definition) is 2. The molecule has 0 amide bonds. The third-order valence-electron chi connectivity index (χ3n) is 2.71. The van der Waals surface area contributed by atoms with Crippen LogP contribution >= 0.6 is 0 Å².